The van der Waals surface area contributed by atoms with E-state index in [1.165, 1.54) is 0 Å². The summed E-state index contributed by atoms with van der Waals surface area (Å²) in [5, 5.41) is 9.56. The third-order valence-corrected chi connectivity index (χ3v) is 3.51. The van der Waals surface area contributed by atoms with Gasteiger partial charge in [0.2, 0.25) is 0 Å². The first-order valence-corrected chi connectivity index (χ1v) is 6.00. The summed E-state index contributed by atoms with van der Waals surface area (Å²) in [5.41, 5.74) is 0.510. The molecule has 2 rings (SSSR count). The summed E-state index contributed by atoms with van der Waals surface area (Å²) in [4.78, 5) is 23.2. The number of hydrogen-bond acceptors (Lipinski definition) is 2. The van der Waals surface area contributed by atoms with Crippen LogP contribution in [0.3, 0.4) is 0 Å². The van der Waals surface area contributed by atoms with Crippen molar-refractivity contribution in [3.8, 4) is 0 Å². The van der Waals surface area contributed by atoms with Crippen LogP contribution in [0.25, 0.3) is 0 Å². The maximum Gasteiger partial charge on any atom is 0.307 e. The molecule has 1 aliphatic rings. The highest BCUT2D eigenvalue weighted by Crippen LogP contribution is 2.34. The second-order valence-corrected chi connectivity index (χ2v) is 4.79. The van der Waals surface area contributed by atoms with E-state index >= 15 is 0 Å². The number of halogens is 1. The molecular formula is C13H13ClO3. The van der Waals surface area contributed by atoms with Crippen LogP contribution in [0, 0.1) is 11.8 Å². The lowest BCUT2D eigenvalue weighted by Crippen LogP contribution is -2.25. The highest BCUT2D eigenvalue weighted by Gasteiger charge is 2.37. The van der Waals surface area contributed by atoms with Crippen molar-refractivity contribution < 1.29 is 14.7 Å². The predicted molar refractivity (Wildman–Crippen MR) is 64.2 cm³/mol. The number of carboxylic acids is 1. The quantitative estimate of drug-likeness (QED) is 0.842. The summed E-state index contributed by atoms with van der Waals surface area (Å²) in [7, 11) is 0. The van der Waals surface area contributed by atoms with Crippen LogP contribution in [-0.4, -0.2) is 16.9 Å². The van der Waals surface area contributed by atoms with Gasteiger partial charge in [-0.25, -0.2) is 0 Å². The molecule has 0 spiro atoms. The van der Waals surface area contributed by atoms with Crippen molar-refractivity contribution in [3.63, 3.8) is 0 Å². The molecular weight excluding hydrogens is 240 g/mol. The van der Waals surface area contributed by atoms with E-state index < -0.39 is 17.8 Å². The fraction of sp³-hybridized carbons (Fsp3) is 0.385. The summed E-state index contributed by atoms with van der Waals surface area (Å²) in [6.07, 6.45) is 2.04. The minimum Gasteiger partial charge on any atom is -0.481 e. The van der Waals surface area contributed by atoms with Gasteiger partial charge >= 0.3 is 5.97 Å². The Bertz CT molecular complexity index is 456. The minimum absolute atomic E-state index is 0.0996. The van der Waals surface area contributed by atoms with Crippen molar-refractivity contribution in [2.45, 2.75) is 19.3 Å². The van der Waals surface area contributed by atoms with Gasteiger partial charge in [-0.3, -0.25) is 9.59 Å². The lowest BCUT2D eigenvalue weighted by atomic mass is 9.88. The fourth-order valence-electron chi connectivity index (χ4n) is 2.43. The molecule has 2 atom stereocenters. The number of carbonyl (C=O) groups is 2. The summed E-state index contributed by atoms with van der Waals surface area (Å²) >= 11 is 5.83. The lowest BCUT2D eigenvalue weighted by molar-refractivity contribution is -0.142. The van der Waals surface area contributed by atoms with Crippen molar-refractivity contribution in [2.24, 2.45) is 11.8 Å². The number of benzene rings is 1. The Hall–Kier alpha value is -1.35. The van der Waals surface area contributed by atoms with E-state index in [4.69, 9.17) is 16.7 Å². The second-order valence-electron chi connectivity index (χ2n) is 4.36. The lowest BCUT2D eigenvalue weighted by Gasteiger charge is -2.14. The van der Waals surface area contributed by atoms with Gasteiger partial charge in [0.25, 0.3) is 0 Å². The van der Waals surface area contributed by atoms with Crippen molar-refractivity contribution in [1.29, 1.82) is 0 Å². The molecule has 0 bridgehead atoms. The van der Waals surface area contributed by atoms with Crippen molar-refractivity contribution in [2.75, 3.05) is 0 Å². The van der Waals surface area contributed by atoms with E-state index in [1.54, 1.807) is 24.3 Å². The number of rotatable bonds is 3. The average molecular weight is 253 g/mol. The van der Waals surface area contributed by atoms with E-state index in [0.29, 0.717) is 23.4 Å². The highest BCUT2D eigenvalue weighted by atomic mass is 35.5. The Balaban J connectivity index is 2.23. The molecule has 0 amide bonds. The smallest absolute Gasteiger partial charge is 0.307 e. The highest BCUT2D eigenvalue weighted by molar-refractivity contribution is 6.31. The van der Waals surface area contributed by atoms with Crippen LogP contribution in [-0.2, 0) is 4.79 Å². The van der Waals surface area contributed by atoms with Gasteiger partial charge in [0.15, 0.2) is 5.78 Å². The number of Topliss-reactive ketones (excluding diaryl/α,β-unsaturated/α-hetero) is 1. The molecule has 1 aromatic carbocycles. The molecule has 3 nitrogen and oxygen atoms in total. The zero-order chi connectivity index (χ0) is 12.4. The zero-order valence-electron chi connectivity index (χ0n) is 9.23. The van der Waals surface area contributed by atoms with Crippen molar-refractivity contribution >= 4 is 23.4 Å². The number of hydrogen-bond donors (Lipinski definition) is 1. The molecule has 1 N–H and O–H groups in total. The van der Waals surface area contributed by atoms with Crippen LogP contribution in [0.1, 0.15) is 29.6 Å². The number of carbonyl (C=O) groups excluding carboxylic acids is 1. The van der Waals surface area contributed by atoms with Crippen LogP contribution in [0.4, 0.5) is 0 Å². The fourth-order valence-corrected chi connectivity index (χ4v) is 2.62. The normalized spacial score (nSPS) is 23.6. The standard InChI is InChI=1S/C13H13ClO3/c14-9-4-1-3-8(7-9)12(15)10-5-2-6-11(10)13(16)17/h1,3-4,7,10-11H,2,5-6H2,(H,16,17)/t10-,11-/m1/s1. The molecule has 0 saturated heterocycles. The molecule has 1 fully saturated rings. The first-order chi connectivity index (χ1) is 8.09. The Morgan fingerprint density at radius 3 is 2.59 bits per heavy atom. The zero-order valence-corrected chi connectivity index (χ0v) is 9.98. The summed E-state index contributed by atoms with van der Waals surface area (Å²) < 4.78 is 0. The van der Waals surface area contributed by atoms with Crippen LogP contribution in [0.2, 0.25) is 5.02 Å². The topological polar surface area (TPSA) is 54.4 Å². The van der Waals surface area contributed by atoms with Gasteiger partial charge in [-0.1, -0.05) is 30.2 Å². The van der Waals surface area contributed by atoms with E-state index in [2.05, 4.69) is 0 Å². The Kier molecular flexibility index (Phi) is 3.48. The van der Waals surface area contributed by atoms with E-state index in [-0.39, 0.29) is 5.78 Å². The maximum atomic E-state index is 12.2. The Labute approximate surface area is 104 Å². The predicted octanol–water partition coefficient (Wildman–Crippen LogP) is 3.02. The molecule has 1 aromatic rings. The number of aliphatic carboxylic acids is 1. The van der Waals surface area contributed by atoms with Crippen molar-refractivity contribution in [1.82, 2.24) is 0 Å². The molecule has 0 radical (unpaired) electrons. The van der Waals surface area contributed by atoms with Crippen LogP contribution >= 0.6 is 11.6 Å². The monoisotopic (exact) mass is 252 g/mol. The van der Waals surface area contributed by atoms with Crippen molar-refractivity contribution in [3.05, 3.63) is 34.9 Å². The molecule has 0 aliphatic heterocycles. The number of carboxylic acid groups (broad SMARTS) is 1. The SMILES string of the molecule is O=C(O)[C@@H]1CCC[C@H]1C(=O)c1cccc(Cl)c1. The van der Waals surface area contributed by atoms with Crippen LogP contribution < -0.4 is 0 Å². The van der Waals surface area contributed by atoms with Gasteiger partial charge in [-0.2, -0.15) is 0 Å². The molecule has 90 valence electrons. The van der Waals surface area contributed by atoms with Gasteiger partial charge in [-0.05, 0) is 25.0 Å². The summed E-state index contributed by atoms with van der Waals surface area (Å²) in [6, 6.07) is 6.69. The maximum absolute atomic E-state index is 12.2. The van der Waals surface area contributed by atoms with Gasteiger partial charge in [0.1, 0.15) is 0 Å². The molecule has 4 heteroatoms. The van der Waals surface area contributed by atoms with E-state index in [9.17, 15) is 9.59 Å². The van der Waals surface area contributed by atoms with Gasteiger partial charge in [0, 0.05) is 16.5 Å². The van der Waals surface area contributed by atoms with Gasteiger partial charge in [-0.15, -0.1) is 0 Å². The van der Waals surface area contributed by atoms with Gasteiger partial charge < -0.3 is 5.11 Å². The molecule has 0 aromatic heterocycles. The summed E-state index contributed by atoms with van der Waals surface area (Å²) in [5.74, 6) is -1.91. The number of ketones is 1. The largest absolute Gasteiger partial charge is 0.481 e. The third-order valence-electron chi connectivity index (χ3n) is 3.28. The molecule has 0 unspecified atom stereocenters. The Morgan fingerprint density at radius 1 is 1.24 bits per heavy atom. The van der Waals surface area contributed by atoms with E-state index in [0.717, 1.165) is 6.42 Å². The van der Waals surface area contributed by atoms with Gasteiger partial charge in [0.05, 0.1) is 5.92 Å². The third kappa shape index (κ3) is 2.50. The summed E-state index contributed by atoms with van der Waals surface area (Å²) in [6.45, 7) is 0. The first-order valence-electron chi connectivity index (χ1n) is 5.62. The van der Waals surface area contributed by atoms with Crippen LogP contribution in [0.5, 0.6) is 0 Å². The first kappa shape index (κ1) is 12.1. The molecule has 1 aliphatic carbocycles. The van der Waals surface area contributed by atoms with Crippen LogP contribution in [0.15, 0.2) is 24.3 Å². The molecule has 1 saturated carbocycles. The average Bonchev–Trinajstić information content (AvgIpc) is 2.77. The van der Waals surface area contributed by atoms with E-state index in [1.807, 2.05) is 0 Å². The molecule has 17 heavy (non-hydrogen) atoms. The Morgan fingerprint density at radius 2 is 1.94 bits per heavy atom. The molecule has 0 heterocycles. The second kappa shape index (κ2) is 4.88. The minimum atomic E-state index is -0.872.